The lowest BCUT2D eigenvalue weighted by molar-refractivity contribution is -0.120. The Morgan fingerprint density at radius 3 is 1.20 bits per heavy atom. The van der Waals surface area contributed by atoms with Crippen LogP contribution in [0.3, 0.4) is 0 Å². The third-order valence-electron chi connectivity index (χ3n) is 8.75. The molecule has 2 atom stereocenters. The smallest absolute Gasteiger partial charge is 0.161 e. The Morgan fingerprint density at radius 1 is 0.568 bits per heavy atom. The van der Waals surface area contributed by atoms with Crippen LogP contribution in [0.25, 0.3) is 0 Å². The van der Waals surface area contributed by atoms with Gasteiger partial charge in [0.2, 0.25) is 0 Å². The molecule has 4 heteroatoms. The third kappa shape index (κ3) is 9.97. The fraction of sp³-hybridized carbons (Fsp3) is 0.400. The Morgan fingerprint density at radius 2 is 0.864 bits per heavy atom. The second-order valence-electron chi connectivity index (χ2n) is 13.2. The van der Waals surface area contributed by atoms with Crippen molar-refractivity contribution in [2.45, 2.75) is 94.3 Å². The van der Waals surface area contributed by atoms with E-state index in [0.717, 1.165) is 44.6 Å². The zero-order valence-electron chi connectivity index (χ0n) is 28.4. The van der Waals surface area contributed by atoms with Crippen molar-refractivity contribution in [3.05, 3.63) is 130 Å². The average molecular weight is 597 g/mol. The van der Waals surface area contributed by atoms with Crippen LogP contribution in [-0.4, -0.2) is 34.0 Å². The molecule has 2 aliphatic carbocycles. The van der Waals surface area contributed by atoms with E-state index in [0.29, 0.717) is 0 Å². The first-order valence-electron chi connectivity index (χ1n) is 15.4. The van der Waals surface area contributed by atoms with Crippen LogP contribution < -0.4 is 0 Å². The molecule has 2 unspecified atom stereocenters. The van der Waals surface area contributed by atoms with Crippen molar-refractivity contribution in [2.24, 2.45) is 10.8 Å². The summed E-state index contributed by atoms with van der Waals surface area (Å²) in [6, 6.07) is 0. The number of aliphatic hydroxyl groups excluding tert-OH is 2. The monoisotopic (exact) mass is 596 g/mol. The van der Waals surface area contributed by atoms with E-state index in [9.17, 15) is 19.8 Å². The predicted molar refractivity (Wildman–Crippen MR) is 185 cm³/mol. The molecule has 2 rings (SSSR count). The quantitative estimate of drug-likeness (QED) is 0.247. The van der Waals surface area contributed by atoms with Gasteiger partial charge in [0.05, 0.1) is 12.2 Å². The Labute approximate surface area is 265 Å². The van der Waals surface area contributed by atoms with Crippen molar-refractivity contribution < 1.29 is 19.8 Å². The Kier molecular flexibility index (Phi) is 13.2. The lowest BCUT2D eigenvalue weighted by Crippen LogP contribution is -2.38. The molecule has 0 radical (unpaired) electrons. The van der Waals surface area contributed by atoms with Crippen molar-refractivity contribution in [1.29, 1.82) is 0 Å². The molecule has 2 N–H and O–H groups in total. The highest BCUT2D eigenvalue weighted by molar-refractivity contribution is 5.98. The average Bonchev–Trinajstić information content (AvgIpc) is 2.93. The number of rotatable bonds is 10. The van der Waals surface area contributed by atoms with Gasteiger partial charge < -0.3 is 10.2 Å². The minimum atomic E-state index is -0.667. The van der Waals surface area contributed by atoms with Crippen molar-refractivity contribution in [3.63, 3.8) is 0 Å². The van der Waals surface area contributed by atoms with Crippen LogP contribution in [0.5, 0.6) is 0 Å². The highest BCUT2D eigenvalue weighted by atomic mass is 16.3. The lowest BCUT2D eigenvalue weighted by atomic mass is 9.70. The van der Waals surface area contributed by atoms with E-state index < -0.39 is 23.0 Å². The second-order valence-corrected chi connectivity index (χ2v) is 13.2. The van der Waals surface area contributed by atoms with Gasteiger partial charge in [-0.25, -0.2) is 0 Å². The minimum absolute atomic E-state index is 0.0122. The van der Waals surface area contributed by atoms with Crippen LogP contribution in [0.15, 0.2) is 130 Å². The number of hydrogen-bond donors (Lipinski definition) is 2. The van der Waals surface area contributed by atoms with Crippen molar-refractivity contribution >= 4 is 11.6 Å². The van der Waals surface area contributed by atoms with Crippen molar-refractivity contribution in [2.75, 3.05) is 0 Å². The normalized spacial score (nSPS) is 24.5. The van der Waals surface area contributed by atoms with E-state index in [-0.39, 0.29) is 24.4 Å². The van der Waals surface area contributed by atoms with Gasteiger partial charge in [0.15, 0.2) is 11.6 Å². The highest BCUT2D eigenvalue weighted by Gasteiger charge is 2.39. The molecule has 0 amide bonds. The van der Waals surface area contributed by atoms with Gasteiger partial charge >= 0.3 is 0 Å². The van der Waals surface area contributed by atoms with Gasteiger partial charge in [-0.3, -0.25) is 9.59 Å². The van der Waals surface area contributed by atoms with Crippen LogP contribution in [0.2, 0.25) is 0 Å². The maximum Gasteiger partial charge on any atom is 0.161 e. The number of ketones is 2. The molecule has 0 fully saturated rings. The van der Waals surface area contributed by atoms with Crippen LogP contribution in [-0.2, 0) is 9.59 Å². The Bertz CT molecular complexity index is 1340. The summed E-state index contributed by atoms with van der Waals surface area (Å²) < 4.78 is 0. The molecule has 0 saturated heterocycles. The summed E-state index contributed by atoms with van der Waals surface area (Å²) in [5.74, 6) is 0.0243. The fourth-order valence-electron chi connectivity index (χ4n) is 5.24. The van der Waals surface area contributed by atoms with E-state index in [1.807, 2.05) is 142 Å². The number of Topliss-reactive ketones (excluding diaryl/α,β-unsaturated/α-hetero) is 2. The van der Waals surface area contributed by atoms with E-state index in [4.69, 9.17) is 0 Å². The van der Waals surface area contributed by atoms with E-state index in [1.165, 1.54) is 0 Å². The molecule has 0 aromatic heterocycles. The predicted octanol–water partition coefficient (Wildman–Crippen LogP) is 8.91. The first-order chi connectivity index (χ1) is 20.5. The summed E-state index contributed by atoms with van der Waals surface area (Å²) in [5.41, 5.74) is 6.69. The van der Waals surface area contributed by atoms with Gasteiger partial charge in [-0.2, -0.15) is 0 Å². The van der Waals surface area contributed by atoms with Crippen LogP contribution in [0.1, 0.15) is 82.1 Å². The molecule has 0 aliphatic heterocycles. The fourth-order valence-corrected chi connectivity index (χ4v) is 5.24. The van der Waals surface area contributed by atoms with Gasteiger partial charge in [-0.15, -0.1) is 0 Å². The third-order valence-corrected chi connectivity index (χ3v) is 8.75. The van der Waals surface area contributed by atoms with Crippen LogP contribution in [0.4, 0.5) is 0 Å². The molecule has 0 aromatic rings. The van der Waals surface area contributed by atoms with Crippen molar-refractivity contribution in [1.82, 2.24) is 0 Å². The topological polar surface area (TPSA) is 74.6 Å². The molecule has 44 heavy (non-hydrogen) atoms. The van der Waals surface area contributed by atoms with E-state index >= 15 is 0 Å². The van der Waals surface area contributed by atoms with Gasteiger partial charge in [0.25, 0.3) is 0 Å². The summed E-state index contributed by atoms with van der Waals surface area (Å²) in [7, 11) is 0. The maximum absolute atomic E-state index is 12.2. The summed E-state index contributed by atoms with van der Waals surface area (Å²) in [6.07, 6.45) is 27.2. The number of carbonyl (C=O) groups is 2. The summed E-state index contributed by atoms with van der Waals surface area (Å²) in [4.78, 5) is 24.4. The van der Waals surface area contributed by atoms with E-state index in [2.05, 4.69) is 12.2 Å². The summed E-state index contributed by atoms with van der Waals surface area (Å²) in [5, 5.41) is 20.8. The maximum atomic E-state index is 12.2. The zero-order valence-corrected chi connectivity index (χ0v) is 28.4. The molecule has 4 nitrogen and oxygen atoms in total. The number of aliphatic hydroxyl groups is 2. The van der Waals surface area contributed by atoms with E-state index in [1.54, 1.807) is 0 Å². The van der Waals surface area contributed by atoms with Crippen LogP contribution in [0, 0.1) is 10.8 Å². The first kappa shape index (κ1) is 36.6. The molecule has 2 aliphatic rings. The number of hydrogen-bond acceptors (Lipinski definition) is 4. The largest absolute Gasteiger partial charge is 0.392 e. The number of carbonyl (C=O) groups excluding carboxylic acids is 2. The highest BCUT2D eigenvalue weighted by Crippen LogP contribution is 2.41. The number of allylic oxidation sites excluding steroid dienone is 20. The van der Waals surface area contributed by atoms with Gasteiger partial charge in [0, 0.05) is 23.7 Å². The van der Waals surface area contributed by atoms with Gasteiger partial charge in [-0.1, -0.05) is 135 Å². The molecule has 0 saturated carbocycles. The minimum Gasteiger partial charge on any atom is -0.392 e. The van der Waals surface area contributed by atoms with Crippen LogP contribution >= 0.6 is 0 Å². The summed E-state index contributed by atoms with van der Waals surface area (Å²) >= 11 is 0. The molecular weight excluding hydrogens is 544 g/mol. The molecular formula is C40H52O4. The van der Waals surface area contributed by atoms with Crippen molar-refractivity contribution in [3.8, 4) is 0 Å². The SMILES string of the molecule is CC(C=CC=C(C)C=CC1=C(C)C(=O)CC(O)C1(C)C)=CC=CC=C(C)C=CC=C(C)C=CC1=C(C)C(=O)CC(O)C1(C)C. The lowest BCUT2D eigenvalue weighted by Gasteiger charge is -2.36. The molecule has 236 valence electrons. The molecule has 0 spiro atoms. The zero-order chi connectivity index (χ0) is 33.2. The Balaban J connectivity index is 1.96. The molecule has 0 aromatic carbocycles. The first-order valence-corrected chi connectivity index (χ1v) is 15.4. The van der Waals surface area contributed by atoms with Gasteiger partial charge in [0.1, 0.15) is 0 Å². The summed E-state index contributed by atoms with van der Waals surface area (Å²) in [6.45, 7) is 19.7. The second kappa shape index (κ2) is 15.9. The Hall–Kier alpha value is -3.60. The van der Waals surface area contributed by atoms with Gasteiger partial charge in [-0.05, 0) is 63.8 Å². The molecule has 0 bridgehead atoms. The molecule has 0 heterocycles. The standard InChI is InChI=1S/C40H52O4/c1-27(17-13-19-29(3)21-23-33-31(5)35(41)25-37(43)39(33,7)8)15-11-12-16-28(2)18-14-20-30(4)22-24-34-32(6)36(42)26-38(44)40(34,9)10/h11-24,37-38,43-44H,25-26H2,1-10H3.